The van der Waals surface area contributed by atoms with E-state index in [1.807, 2.05) is 30.3 Å². The highest BCUT2D eigenvalue weighted by Crippen LogP contribution is 2.23. The molecule has 0 N–H and O–H groups in total. The van der Waals surface area contributed by atoms with E-state index >= 15 is 0 Å². The van der Waals surface area contributed by atoms with E-state index in [4.69, 9.17) is 9.15 Å². The molecule has 0 spiro atoms. The lowest BCUT2D eigenvalue weighted by Gasteiger charge is -2.36. The number of piperazine rings is 1. The second kappa shape index (κ2) is 8.44. The average Bonchev–Trinajstić information content (AvgIpc) is 2.72. The van der Waals surface area contributed by atoms with Crippen molar-refractivity contribution in [1.29, 1.82) is 0 Å². The first-order chi connectivity index (χ1) is 13.7. The second-order valence-electron chi connectivity index (χ2n) is 6.93. The highest BCUT2D eigenvalue weighted by atomic mass is 19.1. The maximum absolute atomic E-state index is 13.1. The molecular weight excluding hydrogens is 359 g/mol. The number of anilines is 1. The van der Waals surface area contributed by atoms with Crippen molar-refractivity contribution in [1.82, 2.24) is 4.90 Å². The summed E-state index contributed by atoms with van der Waals surface area (Å²) in [7, 11) is 0. The molecule has 4 rings (SSSR count). The number of halogens is 1. The summed E-state index contributed by atoms with van der Waals surface area (Å²) < 4.78 is 24.1. The minimum Gasteiger partial charge on any atom is -0.492 e. The Morgan fingerprint density at radius 2 is 1.75 bits per heavy atom. The smallest absolute Gasteiger partial charge is 0.339 e. The lowest BCUT2D eigenvalue weighted by atomic mass is 10.2. The molecule has 5 nitrogen and oxygen atoms in total. The van der Waals surface area contributed by atoms with Crippen molar-refractivity contribution in [3.05, 3.63) is 70.8 Å². The van der Waals surface area contributed by atoms with Crippen molar-refractivity contribution in [2.75, 3.05) is 44.2 Å². The van der Waals surface area contributed by atoms with Gasteiger partial charge >= 0.3 is 5.63 Å². The van der Waals surface area contributed by atoms with E-state index in [-0.39, 0.29) is 5.82 Å². The summed E-state index contributed by atoms with van der Waals surface area (Å²) in [5.74, 6) is 0.374. The minimum absolute atomic E-state index is 0.202. The van der Waals surface area contributed by atoms with E-state index in [9.17, 15) is 9.18 Å². The maximum Gasteiger partial charge on any atom is 0.339 e. The lowest BCUT2D eigenvalue weighted by Crippen LogP contribution is -2.46. The van der Waals surface area contributed by atoms with Crippen molar-refractivity contribution in [2.45, 2.75) is 6.42 Å². The first-order valence-electron chi connectivity index (χ1n) is 9.57. The molecule has 1 aliphatic heterocycles. The molecule has 0 amide bonds. The van der Waals surface area contributed by atoms with Gasteiger partial charge in [-0.05, 0) is 42.8 Å². The van der Waals surface area contributed by atoms with Crippen LogP contribution in [0.1, 0.15) is 6.42 Å². The van der Waals surface area contributed by atoms with Crippen molar-refractivity contribution in [2.24, 2.45) is 0 Å². The Labute approximate surface area is 162 Å². The minimum atomic E-state index is -0.398. The van der Waals surface area contributed by atoms with Gasteiger partial charge in [0.15, 0.2) is 0 Å². The number of fused-ring (bicyclic) bond motifs is 1. The molecule has 0 unspecified atom stereocenters. The normalized spacial score (nSPS) is 15.1. The van der Waals surface area contributed by atoms with Crippen LogP contribution in [0, 0.1) is 5.82 Å². The van der Waals surface area contributed by atoms with E-state index in [0.29, 0.717) is 17.9 Å². The van der Waals surface area contributed by atoms with E-state index < -0.39 is 5.63 Å². The van der Waals surface area contributed by atoms with Gasteiger partial charge in [0.2, 0.25) is 0 Å². The number of nitrogens with zero attached hydrogens (tertiary/aromatic N) is 2. The van der Waals surface area contributed by atoms with Gasteiger partial charge in [0.05, 0.1) is 18.1 Å². The molecule has 0 bridgehead atoms. The third-order valence-corrected chi connectivity index (χ3v) is 5.05. The van der Waals surface area contributed by atoms with Gasteiger partial charge in [0, 0.05) is 38.4 Å². The predicted molar refractivity (Wildman–Crippen MR) is 108 cm³/mol. The third-order valence-electron chi connectivity index (χ3n) is 5.05. The number of rotatable bonds is 6. The van der Waals surface area contributed by atoms with Crippen LogP contribution in [0.3, 0.4) is 0 Å². The molecule has 0 aliphatic carbocycles. The summed E-state index contributed by atoms with van der Waals surface area (Å²) in [6.45, 7) is 5.28. The van der Waals surface area contributed by atoms with Gasteiger partial charge in [0.25, 0.3) is 0 Å². The van der Waals surface area contributed by atoms with Gasteiger partial charge < -0.3 is 14.1 Å². The zero-order chi connectivity index (χ0) is 19.3. The van der Waals surface area contributed by atoms with Crippen molar-refractivity contribution < 1.29 is 13.5 Å². The average molecular weight is 382 g/mol. The predicted octanol–water partition coefficient (Wildman–Crippen LogP) is 3.52. The highest BCUT2D eigenvalue weighted by molar-refractivity contribution is 5.82. The molecule has 3 aromatic rings. The van der Waals surface area contributed by atoms with Gasteiger partial charge in [-0.25, -0.2) is 9.18 Å². The molecule has 2 aromatic carbocycles. The van der Waals surface area contributed by atoms with Crippen LogP contribution >= 0.6 is 0 Å². The van der Waals surface area contributed by atoms with E-state index in [2.05, 4.69) is 9.80 Å². The summed E-state index contributed by atoms with van der Waals surface area (Å²) in [4.78, 5) is 16.4. The summed E-state index contributed by atoms with van der Waals surface area (Å²) in [6, 6.07) is 15.5. The van der Waals surface area contributed by atoms with E-state index in [1.165, 1.54) is 18.2 Å². The third kappa shape index (κ3) is 4.34. The number of ether oxygens (including phenoxy) is 1. The van der Waals surface area contributed by atoms with Gasteiger partial charge in [0.1, 0.15) is 17.1 Å². The molecule has 146 valence electrons. The van der Waals surface area contributed by atoms with Crippen LogP contribution < -0.4 is 15.3 Å². The number of benzene rings is 2. The molecule has 1 fully saturated rings. The monoisotopic (exact) mass is 382 g/mol. The first kappa shape index (κ1) is 18.5. The van der Waals surface area contributed by atoms with Crippen molar-refractivity contribution in [3.8, 4) is 5.75 Å². The fraction of sp³-hybridized carbons (Fsp3) is 0.318. The van der Waals surface area contributed by atoms with Crippen LogP contribution in [0.25, 0.3) is 11.0 Å². The van der Waals surface area contributed by atoms with Crippen LogP contribution in [-0.2, 0) is 0 Å². The summed E-state index contributed by atoms with van der Waals surface area (Å²) >= 11 is 0. The Morgan fingerprint density at radius 3 is 2.54 bits per heavy atom. The molecule has 1 aromatic heterocycles. The summed E-state index contributed by atoms with van der Waals surface area (Å²) in [5, 5.41) is 0.815. The van der Waals surface area contributed by atoms with Gasteiger partial charge in [-0.3, -0.25) is 4.90 Å². The highest BCUT2D eigenvalue weighted by Gasteiger charge is 2.17. The van der Waals surface area contributed by atoms with Gasteiger partial charge in [-0.1, -0.05) is 12.1 Å². The van der Waals surface area contributed by atoms with Crippen LogP contribution in [-0.4, -0.2) is 44.2 Å². The molecule has 0 radical (unpaired) electrons. The summed E-state index contributed by atoms with van der Waals surface area (Å²) in [6.07, 6.45) is 0.880. The first-order valence-corrected chi connectivity index (χ1v) is 9.57. The largest absolute Gasteiger partial charge is 0.492 e. The standard InChI is InChI=1S/C22H23FN2O3/c23-17-6-8-18(9-7-17)25-13-11-24(12-14-25)10-3-15-27-21-16-22(26)28-20-5-2-1-4-19(20)21/h1-2,4-9,16H,3,10-15H2. The fourth-order valence-electron chi connectivity index (χ4n) is 3.55. The van der Waals surface area contributed by atoms with Crippen LogP contribution in [0.5, 0.6) is 5.75 Å². The topological polar surface area (TPSA) is 45.9 Å². The Balaban J connectivity index is 1.25. The Kier molecular flexibility index (Phi) is 5.58. The van der Waals surface area contributed by atoms with Crippen LogP contribution in [0.15, 0.2) is 63.8 Å². The zero-order valence-electron chi connectivity index (χ0n) is 15.6. The molecule has 0 saturated carbocycles. The zero-order valence-corrected chi connectivity index (χ0v) is 15.6. The quantitative estimate of drug-likeness (QED) is 0.482. The number of para-hydroxylation sites is 1. The van der Waals surface area contributed by atoms with Gasteiger partial charge in [-0.2, -0.15) is 0 Å². The number of hydrogen-bond acceptors (Lipinski definition) is 5. The van der Waals surface area contributed by atoms with Crippen molar-refractivity contribution >= 4 is 16.7 Å². The Bertz CT molecular complexity index is 979. The SMILES string of the molecule is O=c1cc(OCCCN2CCN(c3ccc(F)cc3)CC2)c2ccccc2o1. The van der Waals surface area contributed by atoms with Crippen LogP contribution in [0.4, 0.5) is 10.1 Å². The second-order valence-corrected chi connectivity index (χ2v) is 6.93. The fourth-order valence-corrected chi connectivity index (χ4v) is 3.55. The number of hydrogen-bond donors (Lipinski definition) is 0. The molecule has 2 heterocycles. The van der Waals surface area contributed by atoms with Crippen molar-refractivity contribution in [3.63, 3.8) is 0 Å². The lowest BCUT2D eigenvalue weighted by molar-refractivity contribution is 0.225. The molecule has 28 heavy (non-hydrogen) atoms. The molecular formula is C22H23FN2O3. The maximum atomic E-state index is 13.1. The molecule has 1 saturated heterocycles. The summed E-state index contributed by atoms with van der Waals surface area (Å²) in [5.41, 5.74) is 1.21. The molecule has 6 heteroatoms. The van der Waals surface area contributed by atoms with Crippen LogP contribution in [0.2, 0.25) is 0 Å². The van der Waals surface area contributed by atoms with E-state index in [0.717, 1.165) is 50.2 Å². The molecule has 1 aliphatic rings. The van der Waals surface area contributed by atoms with E-state index in [1.54, 1.807) is 6.07 Å². The Morgan fingerprint density at radius 1 is 1.00 bits per heavy atom. The van der Waals surface area contributed by atoms with Gasteiger partial charge in [-0.15, -0.1) is 0 Å². The molecule has 0 atom stereocenters. The Hall–Kier alpha value is -2.86.